The summed E-state index contributed by atoms with van der Waals surface area (Å²) in [6.45, 7) is 10.1. The molecule has 11 heteroatoms. The van der Waals surface area contributed by atoms with Gasteiger partial charge in [0.15, 0.2) is 19.9 Å². The molecule has 1 atom stereocenters. The van der Waals surface area contributed by atoms with Crippen molar-refractivity contribution in [1.29, 1.82) is 5.26 Å². The molecule has 0 aliphatic carbocycles. The van der Waals surface area contributed by atoms with Gasteiger partial charge in [0.25, 0.3) is 0 Å². The molecule has 0 aliphatic rings. The van der Waals surface area contributed by atoms with Crippen molar-refractivity contribution < 1.29 is 22.9 Å². The minimum absolute atomic E-state index is 0.1000. The van der Waals surface area contributed by atoms with E-state index < -0.39 is 37.3 Å². The second kappa shape index (κ2) is 9.85. The van der Waals surface area contributed by atoms with Crippen LogP contribution in [0.2, 0.25) is 0 Å². The number of nitrogens with zero attached hydrogens (tertiary/aromatic N) is 2. The van der Waals surface area contributed by atoms with E-state index in [1.807, 2.05) is 19.9 Å². The summed E-state index contributed by atoms with van der Waals surface area (Å²) in [5.74, 6) is -2.72. The number of rotatable bonds is 7. The molecule has 0 saturated carbocycles. The Kier molecular flexibility index (Phi) is 8.02. The number of halogens is 2. The van der Waals surface area contributed by atoms with Crippen LogP contribution in [0.4, 0.5) is 8.78 Å². The van der Waals surface area contributed by atoms with Gasteiger partial charge < -0.3 is 5.11 Å². The fourth-order valence-electron chi connectivity index (χ4n) is 3.35. The van der Waals surface area contributed by atoms with Crippen molar-refractivity contribution in [3.63, 3.8) is 0 Å². The number of thiophene rings is 1. The van der Waals surface area contributed by atoms with Gasteiger partial charge in [-0.25, -0.2) is 23.6 Å². The fourth-order valence-corrected chi connectivity index (χ4v) is 5.63. The van der Waals surface area contributed by atoms with Gasteiger partial charge >= 0.3 is 0 Å². The van der Waals surface area contributed by atoms with Gasteiger partial charge in [-0.2, -0.15) is 5.26 Å². The molecule has 0 bridgehead atoms. The highest BCUT2D eigenvalue weighted by molar-refractivity contribution is 7.93. The number of carbonyl (C=O) groups is 1. The molecule has 2 aromatic rings. The number of carbonyl (C=O) groups excluding carboxylic acids is 1. The summed E-state index contributed by atoms with van der Waals surface area (Å²) in [6, 6.07) is 4.30. The summed E-state index contributed by atoms with van der Waals surface area (Å²) in [5.41, 5.74) is 1.93. The molecule has 0 spiro atoms. The van der Waals surface area contributed by atoms with Gasteiger partial charge in [-0.15, -0.1) is 15.8 Å². The van der Waals surface area contributed by atoms with Crippen LogP contribution in [0.1, 0.15) is 80.5 Å². The first kappa shape index (κ1) is 26.9. The number of nitrogens with two attached hydrogens (primary N) is 1. The van der Waals surface area contributed by atoms with Crippen LogP contribution in [0.25, 0.3) is 0 Å². The predicted molar refractivity (Wildman–Crippen MR) is 124 cm³/mol. The monoisotopic (exact) mass is 498 g/mol. The zero-order chi connectivity index (χ0) is 25.3. The van der Waals surface area contributed by atoms with Gasteiger partial charge in [-0.05, 0) is 54.5 Å². The number of amides is 1. The molecule has 180 valence electrons. The third-order valence-electron chi connectivity index (χ3n) is 4.93. The van der Waals surface area contributed by atoms with Gasteiger partial charge in [0.05, 0.1) is 17.6 Å². The lowest BCUT2D eigenvalue weighted by Gasteiger charge is -2.21. The Morgan fingerprint density at radius 2 is 1.91 bits per heavy atom. The van der Waals surface area contributed by atoms with Gasteiger partial charge in [0.1, 0.15) is 11.9 Å². The van der Waals surface area contributed by atoms with E-state index in [-0.39, 0.29) is 34.3 Å². The lowest BCUT2D eigenvalue weighted by atomic mass is 9.84. The van der Waals surface area contributed by atoms with E-state index in [0.717, 1.165) is 6.07 Å². The molecule has 0 fully saturated rings. The van der Waals surface area contributed by atoms with Crippen LogP contribution in [0.15, 0.2) is 20.8 Å². The molecular formula is C22H28F2N4O3S2. The molecule has 1 amide bonds. The van der Waals surface area contributed by atoms with Crippen LogP contribution in [0.5, 0.6) is 0 Å². The number of hydrogen-bond donors (Lipinski definition) is 3. The molecule has 0 saturated heterocycles. The number of aliphatic hydroxyl groups is 1. The average molecular weight is 499 g/mol. The normalized spacial score (nSPS) is 13.7. The number of nitrogens with one attached hydrogen (secondary N) is 1. The summed E-state index contributed by atoms with van der Waals surface area (Å²) < 4.78 is 45.1. The van der Waals surface area contributed by atoms with E-state index in [1.54, 1.807) is 13.8 Å². The van der Waals surface area contributed by atoms with Crippen molar-refractivity contribution in [2.75, 3.05) is 0 Å². The lowest BCUT2D eigenvalue weighted by molar-refractivity contribution is -0.120. The Balaban J connectivity index is 2.43. The van der Waals surface area contributed by atoms with E-state index in [0.29, 0.717) is 22.5 Å². The van der Waals surface area contributed by atoms with Crippen molar-refractivity contribution in [3.05, 3.63) is 50.9 Å². The number of benzene rings is 1. The highest BCUT2D eigenvalue weighted by Crippen LogP contribution is 2.34. The Morgan fingerprint density at radius 3 is 2.36 bits per heavy atom. The van der Waals surface area contributed by atoms with Gasteiger partial charge in [-0.1, -0.05) is 27.7 Å². The molecule has 1 heterocycles. The van der Waals surface area contributed by atoms with E-state index in [9.17, 15) is 28.2 Å². The second-order valence-corrected chi connectivity index (χ2v) is 11.9. The second-order valence-electron chi connectivity index (χ2n) is 8.82. The Bertz CT molecular complexity index is 1230. The maximum absolute atomic E-state index is 14.9. The van der Waals surface area contributed by atoms with Gasteiger partial charge in [0, 0.05) is 4.88 Å². The fraction of sp³-hybridized carbons (Fsp3) is 0.455. The maximum atomic E-state index is 14.9. The van der Waals surface area contributed by atoms with E-state index >= 15 is 0 Å². The van der Waals surface area contributed by atoms with Crippen LogP contribution >= 0.6 is 11.3 Å². The number of hydrogen-bond acceptors (Lipinski definition) is 6. The van der Waals surface area contributed by atoms with Crippen LogP contribution in [-0.4, -0.2) is 15.2 Å². The summed E-state index contributed by atoms with van der Waals surface area (Å²) in [7, 11) is -3.83. The Morgan fingerprint density at radius 1 is 1.30 bits per heavy atom. The topological polar surface area (TPSA) is 129 Å². The zero-order valence-corrected chi connectivity index (χ0v) is 21.0. The average Bonchev–Trinajstić information content (AvgIpc) is 3.09. The Hall–Kier alpha value is -2.39. The van der Waals surface area contributed by atoms with Crippen molar-refractivity contribution in [3.8, 4) is 6.07 Å². The van der Waals surface area contributed by atoms with Crippen molar-refractivity contribution >= 4 is 27.2 Å². The van der Waals surface area contributed by atoms with Crippen LogP contribution in [0.3, 0.4) is 0 Å². The first-order chi connectivity index (χ1) is 15.1. The predicted octanol–water partition coefficient (Wildman–Crippen LogP) is 4.35. The molecular weight excluding hydrogens is 470 g/mol. The molecule has 33 heavy (non-hydrogen) atoms. The summed E-state index contributed by atoms with van der Waals surface area (Å²) >= 11 is 0.697. The van der Waals surface area contributed by atoms with Crippen molar-refractivity contribution in [2.45, 2.75) is 69.6 Å². The highest BCUT2D eigenvalue weighted by Gasteiger charge is 2.27. The van der Waals surface area contributed by atoms with E-state index in [4.69, 9.17) is 5.14 Å². The smallest absolute Gasteiger partial charge is 0.245 e. The summed E-state index contributed by atoms with van der Waals surface area (Å²) in [5, 5.41) is 25.0. The molecule has 0 aliphatic heterocycles. The number of nitriles is 1. The van der Waals surface area contributed by atoms with Crippen molar-refractivity contribution in [1.82, 2.24) is 5.43 Å². The third kappa shape index (κ3) is 5.95. The van der Waals surface area contributed by atoms with Crippen LogP contribution in [-0.2, 0) is 26.7 Å². The van der Waals surface area contributed by atoms with Gasteiger partial charge in [0.2, 0.25) is 5.91 Å². The largest absolute Gasteiger partial charge is 0.385 e. The zero-order valence-electron chi connectivity index (χ0n) is 19.3. The maximum Gasteiger partial charge on any atom is 0.245 e. The summed E-state index contributed by atoms with van der Waals surface area (Å²) in [4.78, 5) is 12.9. The standard InChI is InChI=1S/C22H28F2N4O3S2/c1-11(2)14-7-13(10-25)20(24)19(12(3)4)15(14)8-18(29)27-28-33(26,31)21-16(23)9-17(32-21)22(5,6)30/h7,9,11-12,30H,8H2,1-6H3,(H,27,29)(H2,26,28,31). The minimum Gasteiger partial charge on any atom is -0.385 e. The van der Waals surface area contributed by atoms with E-state index in [2.05, 4.69) is 9.90 Å². The van der Waals surface area contributed by atoms with Crippen molar-refractivity contribution in [2.24, 2.45) is 9.61 Å². The molecule has 1 aromatic carbocycles. The van der Waals surface area contributed by atoms with E-state index in [1.165, 1.54) is 19.9 Å². The SMILES string of the molecule is CC(C)c1cc(C#N)c(F)c(C(C)C)c1CC(=O)NN=S(N)(=O)c1sc(C(C)(C)O)cc1F. The molecule has 2 rings (SSSR count). The molecule has 1 aromatic heterocycles. The molecule has 1 unspecified atom stereocenters. The summed E-state index contributed by atoms with van der Waals surface area (Å²) in [6.07, 6.45) is -0.301. The minimum atomic E-state index is -3.83. The molecule has 7 nitrogen and oxygen atoms in total. The van der Waals surface area contributed by atoms with Gasteiger partial charge in [-0.3, -0.25) is 4.79 Å². The molecule has 4 N–H and O–H groups in total. The van der Waals surface area contributed by atoms with Crippen LogP contribution < -0.4 is 10.6 Å². The molecule has 0 radical (unpaired) electrons. The quantitative estimate of drug-likeness (QED) is 0.490. The first-order valence-electron chi connectivity index (χ1n) is 10.2. The highest BCUT2D eigenvalue weighted by atomic mass is 32.2. The lowest BCUT2D eigenvalue weighted by Crippen LogP contribution is -2.26. The Labute approximate surface area is 196 Å². The third-order valence-corrected chi connectivity index (χ3v) is 8.21. The van der Waals surface area contributed by atoms with Crippen LogP contribution in [0, 0.1) is 23.0 Å². The first-order valence-corrected chi connectivity index (χ1v) is 12.6.